The van der Waals surface area contributed by atoms with Crippen LogP contribution >= 0.6 is 0 Å². The third kappa shape index (κ3) is 2.65. The molecule has 2 N–H and O–H groups in total. The monoisotopic (exact) mass is 288 g/mol. The van der Waals surface area contributed by atoms with Crippen LogP contribution in [0.25, 0.3) is 0 Å². The van der Waals surface area contributed by atoms with Gasteiger partial charge in [0.15, 0.2) is 9.84 Å². The first-order valence-corrected chi connectivity index (χ1v) is 8.76. The maximum Gasteiger partial charge on any atom is 0.243 e. The molecule has 110 valence electrons. The molecule has 0 aromatic heterocycles. The number of hydrogen-bond acceptors (Lipinski definition) is 4. The summed E-state index contributed by atoms with van der Waals surface area (Å²) < 4.78 is 22.2. The van der Waals surface area contributed by atoms with Crippen molar-refractivity contribution in [2.45, 2.75) is 43.9 Å². The van der Waals surface area contributed by atoms with Crippen LogP contribution in [0, 0.1) is 11.8 Å². The molecule has 0 bridgehead atoms. The molecule has 3 atom stereocenters. The summed E-state index contributed by atoms with van der Waals surface area (Å²) in [6, 6.07) is 0.235. The van der Waals surface area contributed by atoms with Crippen LogP contribution < -0.4 is 5.73 Å². The van der Waals surface area contributed by atoms with E-state index in [1.165, 1.54) is 13.8 Å². The average Bonchev–Trinajstić information content (AvgIpc) is 2.68. The maximum atomic E-state index is 12.5. The topological polar surface area (TPSA) is 80.5 Å². The Morgan fingerprint density at radius 2 is 1.79 bits per heavy atom. The lowest BCUT2D eigenvalue weighted by molar-refractivity contribution is -0.132. The molecule has 1 aliphatic heterocycles. The molecule has 1 aliphatic carbocycles. The molecule has 0 spiro atoms. The van der Waals surface area contributed by atoms with Gasteiger partial charge >= 0.3 is 0 Å². The Kier molecular flexibility index (Phi) is 3.68. The van der Waals surface area contributed by atoms with Gasteiger partial charge in [-0.15, -0.1) is 0 Å². The smallest absolute Gasteiger partial charge is 0.243 e. The second-order valence-electron chi connectivity index (χ2n) is 6.59. The number of carbonyl (C=O) groups excluding carboxylic acids is 1. The number of likely N-dealkylation sites (tertiary alicyclic amines) is 1. The van der Waals surface area contributed by atoms with Crippen molar-refractivity contribution >= 4 is 15.7 Å². The van der Waals surface area contributed by atoms with E-state index in [4.69, 9.17) is 5.73 Å². The van der Waals surface area contributed by atoms with Crippen molar-refractivity contribution in [3.8, 4) is 0 Å². The molecule has 6 heteroatoms. The average molecular weight is 288 g/mol. The van der Waals surface area contributed by atoms with Crippen LogP contribution in [-0.4, -0.2) is 49.4 Å². The third-order valence-electron chi connectivity index (χ3n) is 4.82. The van der Waals surface area contributed by atoms with Crippen molar-refractivity contribution in [2.24, 2.45) is 17.6 Å². The van der Waals surface area contributed by atoms with E-state index >= 15 is 0 Å². The number of nitrogens with two attached hydrogens (primary N) is 1. The van der Waals surface area contributed by atoms with Gasteiger partial charge in [0, 0.05) is 25.4 Å². The Bertz CT molecular complexity index is 472. The van der Waals surface area contributed by atoms with Crippen LogP contribution in [0.15, 0.2) is 0 Å². The lowest BCUT2D eigenvalue weighted by atomic mass is 9.79. The molecule has 0 aromatic rings. The normalized spacial score (nSPS) is 32.2. The summed E-state index contributed by atoms with van der Waals surface area (Å²) >= 11 is 0. The number of rotatable bonds is 2. The molecule has 1 saturated heterocycles. The second kappa shape index (κ2) is 4.74. The van der Waals surface area contributed by atoms with E-state index in [-0.39, 0.29) is 11.9 Å². The second-order valence-corrected chi connectivity index (χ2v) is 9.15. The standard InChI is InChI=1S/C13H24N2O3S/c1-13(2,19(3,17)18)12(16)15-7-9-4-5-11(14)6-10(9)8-15/h9-11H,4-8,14H2,1-3H3/t9-,10+,11?/m1/s1. The van der Waals surface area contributed by atoms with Crippen molar-refractivity contribution < 1.29 is 13.2 Å². The lowest BCUT2D eigenvalue weighted by Gasteiger charge is -2.28. The minimum atomic E-state index is -3.40. The maximum absolute atomic E-state index is 12.5. The number of nitrogens with zero attached hydrogens (tertiary/aromatic N) is 1. The summed E-state index contributed by atoms with van der Waals surface area (Å²) in [5.41, 5.74) is 5.97. The van der Waals surface area contributed by atoms with Gasteiger partial charge in [-0.05, 0) is 44.9 Å². The van der Waals surface area contributed by atoms with Crippen LogP contribution in [0.5, 0.6) is 0 Å². The highest BCUT2D eigenvalue weighted by atomic mass is 32.2. The van der Waals surface area contributed by atoms with Gasteiger partial charge in [0.2, 0.25) is 5.91 Å². The van der Waals surface area contributed by atoms with Crippen LogP contribution in [0.1, 0.15) is 33.1 Å². The Hall–Kier alpha value is -0.620. The van der Waals surface area contributed by atoms with Crippen molar-refractivity contribution in [3.63, 3.8) is 0 Å². The van der Waals surface area contributed by atoms with E-state index in [9.17, 15) is 13.2 Å². The molecular formula is C13H24N2O3S. The first-order valence-electron chi connectivity index (χ1n) is 6.87. The van der Waals surface area contributed by atoms with E-state index in [1.807, 2.05) is 0 Å². The molecule has 1 heterocycles. The fourth-order valence-corrected chi connectivity index (χ4v) is 3.62. The van der Waals surface area contributed by atoms with E-state index in [0.29, 0.717) is 24.9 Å². The molecule has 2 aliphatic rings. The largest absolute Gasteiger partial charge is 0.341 e. The highest BCUT2D eigenvalue weighted by Gasteiger charge is 2.46. The van der Waals surface area contributed by atoms with Crippen LogP contribution in [0.4, 0.5) is 0 Å². The summed E-state index contributed by atoms with van der Waals surface area (Å²) in [5.74, 6) is 0.681. The van der Waals surface area contributed by atoms with Crippen molar-refractivity contribution in [3.05, 3.63) is 0 Å². The molecule has 1 amide bonds. The fourth-order valence-electron chi connectivity index (χ4n) is 3.17. The molecule has 19 heavy (non-hydrogen) atoms. The van der Waals surface area contributed by atoms with Crippen LogP contribution in [0.2, 0.25) is 0 Å². The van der Waals surface area contributed by atoms with Crippen molar-refractivity contribution in [1.29, 1.82) is 0 Å². The molecule has 5 nitrogen and oxygen atoms in total. The Morgan fingerprint density at radius 1 is 1.21 bits per heavy atom. The van der Waals surface area contributed by atoms with Gasteiger partial charge in [-0.2, -0.15) is 0 Å². The van der Waals surface area contributed by atoms with Crippen molar-refractivity contribution in [1.82, 2.24) is 4.90 Å². The predicted octanol–water partition coefficient (Wildman–Crippen LogP) is 0.395. The highest BCUT2D eigenvalue weighted by Crippen LogP contribution is 2.37. The van der Waals surface area contributed by atoms with Gasteiger partial charge in [0.05, 0.1) is 0 Å². The summed E-state index contributed by atoms with van der Waals surface area (Å²) in [5, 5.41) is 0. The molecule has 1 saturated carbocycles. The van der Waals surface area contributed by atoms with Gasteiger partial charge in [-0.1, -0.05) is 0 Å². The number of carbonyl (C=O) groups is 1. The zero-order valence-corrected chi connectivity index (χ0v) is 12.7. The fraction of sp³-hybridized carbons (Fsp3) is 0.923. The minimum Gasteiger partial charge on any atom is -0.341 e. The molecule has 1 unspecified atom stereocenters. The summed E-state index contributed by atoms with van der Waals surface area (Å²) in [6.07, 6.45) is 4.14. The van der Waals surface area contributed by atoms with Gasteiger partial charge < -0.3 is 10.6 Å². The zero-order chi connectivity index (χ0) is 14.4. The summed E-state index contributed by atoms with van der Waals surface area (Å²) in [6.45, 7) is 4.35. The SMILES string of the molecule is CC(C)(C(=O)N1C[C@H]2CCC(N)C[C@H]2C1)S(C)(=O)=O. The predicted molar refractivity (Wildman–Crippen MR) is 74.3 cm³/mol. The molecule has 0 radical (unpaired) electrons. The van der Waals surface area contributed by atoms with Gasteiger partial charge in [0.25, 0.3) is 0 Å². The quantitative estimate of drug-likeness (QED) is 0.797. The number of amides is 1. The molecule has 0 aromatic carbocycles. The summed E-state index contributed by atoms with van der Waals surface area (Å²) in [4.78, 5) is 14.2. The first kappa shape index (κ1) is 14.8. The first-order chi connectivity index (χ1) is 8.63. The summed E-state index contributed by atoms with van der Waals surface area (Å²) in [7, 11) is -3.40. The van der Waals surface area contributed by atoms with Gasteiger partial charge in [0.1, 0.15) is 4.75 Å². The van der Waals surface area contributed by atoms with E-state index < -0.39 is 14.6 Å². The van der Waals surface area contributed by atoms with E-state index in [1.54, 1.807) is 4.90 Å². The zero-order valence-electron chi connectivity index (χ0n) is 11.9. The van der Waals surface area contributed by atoms with Crippen molar-refractivity contribution in [2.75, 3.05) is 19.3 Å². The van der Waals surface area contributed by atoms with Crippen LogP contribution in [0.3, 0.4) is 0 Å². The third-order valence-corrected chi connectivity index (χ3v) is 6.85. The Balaban J connectivity index is 2.11. The number of fused-ring (bicyclic) bond motifs is 1. The molecular weight excluding hydrogens is 264 g/mol. The Morgan fingerprint density at radius 3 is 2.37 bits per heavy atom. The number of hydrogen-bond donors (Lipinski definition) is 1. The number of sulfone groups is 1. The van der Waals surface area contributed by atoms with Gasteiger partial charge in [-0.3, -0.25) is 4.79 Å². The highest BCUT2D eigenvalue weighted by molar-refractivity contribution is 7.92. The van der Waals surface area contributed by atoms with E-state index in [2.05, 4.69) is 0 Å². The molecule has 2 rings (SSSR count). The van der Waals surface area contributed by atoms with Gasteiger partial charge in [-0.25, -0.2) is 8.42 Å². The Labute approximate surface area is 115 Å². The minimum absolute atomic E-state index is 0.235. The lowest BCUT2D eigenvalue weighted by Crippen LogP contribution is -2.49. The van der Waals surface area contributed by atoms with Crippen LogP contribution in [-0.2, 0) is 14.6 Å². The van der Waals surface area contributed by atoms with E-state index in [0.717, 1.165) is 25.5 Å². The molecule has 2 fully saturated rings.